The van der Waals surface area contributed by atoms with Crippen LogP contribution in [0.1, 0.15) is 36.2 Å². The van der Waals surface area contributed by atoms with Gasteiger partial charge in [-0.3, -0.25) is 13.9 Å². The van der Waals surface area contributed by atoms with E-state index in [-0.39, 0.29) is 24.8 Å². The Morgan fingerprint density at radius 2 is 2.00 bits per heavy atom. The number of carbonyl (C=O) groups excluding carboxylic acids is 1. The molecule has 8 heteroatoms. The molecule has 1 N–H and O–H groups in total. The third kappa shape index (κ3) is 4.72. The van der Waals surface area contributed by atoms with E-state index in [1.54, 1.807) is 23.1 Å². The lowest BCUT2D eigenvalue weighted by atomic mass is 10.1. The first-order valence-corrected chi connectivity index (χ1v) is 10.1. The van der Waals surface area contributed by atoms with Gasteiger partial charge in [0.2, 0.25) is 10.0 Å². The molecule has 0 spiro atoms. The van der Waals surface area contributed by atoms with Gasteiger partial charge in [-0.05, 0) is 36.1 Å². The van der Waals surface area contributed by atoms with Crippen LogP contribution in [0.15, 0.2) is 18.2 Å². The molecule has 1 amide bonds. The number of hydrogen-bond acceptors (Lipinski definition) is 4. The van der Waals surface area contributed by atoms with E-state index in [2.05, 4.69) is 0 Å². The Bertz CT molecular complexity index is 773. The number of hydrogen-bond donors (Lipinski definition) is 1. The minimum absolute atomic E-state index is 0.106. The van der Waals surface area contributed by atoms with Gasteiger partial charge in [-0.25, -0.2) is 8.42 Å². The number of amides is 1. The van der Waals surface area contributed by atoms with Crippen LogP contribution < -0.4 is 4.31 Å². The first kappa shape index (κ1) is 19.2. The van der Waals surface area contributed by atoms with Crippen LogP contribution in [0.5, 0.6) is 0 Å². The molecule has 0 aliphatic carbocycles. The molecule has 25 heavy (non-hydrogen) atoms. The summed E-state index contributed by atoms with van der Waals surface area (Å²) in [5.41, 5.74) is 1.89. The Morgan fingerprint density at radius 3 is 2.56 bits per heavy atom. The topological polar surface area (TPSA) is 95.0 Å². The zero-order chi connectivity index (χ0) is 18.8. The van der Waals surface area contributed by atoms with Gasteiger partial charge in [-0.2, -0.15) is 0 Å². The first-order chi connectivity index (χ1) is 11.6. The van der Waals surface area contributed by atoms with Crippen molar-refractivity contribution in [1.82, 2.24) is 4.90 Å². The molecule has 1 aromatic carbocycles. The van der Waals surface area contributed by atoms with Gasteiger partial charge in [0.25, 0.3) is 5.91 Å². The van der Waals surface area contributed by atoms with Crippen LogP contribution in [-0.4, -0.2) is 56.2 Å². The van der Waals surface area contributed by atoms with Crippen LogP contribution in [-0.2, 0) is 21.2 Å². The highest BCUT2D eigenvalue weighted by Gasteiger charge is 2.27. The number of nitrogens with zero attached hydrogens (tertiary/aromatic N) is 2. The fraction of sp³-hybridized carbons (Fsp3) is 0.529. The fourth-order valence-corrected chi connectivity index (χ4v) is 3.94. The molecule has 0 fully saturated rings. The normalized spacial score (nSPS) is 13.8. The van der Waals surface area contributed by atoms with Crippen LogP contribution in [0.4, 0.5) is 5.69 Å². The molecule has 0 saturated carbocycles. The van der Waals surface area contributed by atoms with Gasteiger partial charge in [0.1, 0.15) is 0 Å². The number of carboxylic acids is 1. The maximum atomic E-state index is 12.8. The summed E-state index contributed by atoms with van der Waals surface area (Å²) in [6.07, 6.45) is 1.62. The number of fused-ring (bicyclic) bond motifs is 1. The van der Waals surface area contributed by atoms with E-state index in [1.165, 1.54) is 4.31 Å². The molecule has 7 nitrogen and oxygen atoms in total. The quantitative estimate of drug-likeness (QED) is 0.788. The van der Waals surface area contributed by atoms with Gasteiger partial charge in [0.15, 0.2) is 0 Å². The summed E-state index contributed by atoms with van der Waals surface area (Å²) in [7, 11) is -3.33. The number of aliphatic carboxylic acids is 1. The lowest BCUT2D eigenvalue weighted by molar-refractivity contribution is -0.137. The minimum Gasteiger partial charge on any atom is -0.481 e. The Balaban J connectivity index is 2.25. The third-order valence-electron chi connectivity index (χ3n) is 4.05. The highest BCUT2D eigenvalue weighted by molar-refractivity contribution is 7.92. The van der Waals surface area contributed by atoms with Crippen molar-refractivity contribution in [2.24, 2.45) is 5.92 Å². The van der Waals surface area contributed by atoms with E-state index in [0.717, 1.165) is 11.8 Å². The van der Waals surface area contributed by atoms with Crippen molar-refractivity contribution >= 4 is 27.6 Å². The van der Waals surface area contributed by atoms with Crippen LogP contribution in [0.2, 0.25) is 0 Å². The number of anilines is 1. The zero-order valence-corrected chi connectivity index (χ0v) is 15.5. The predicted molar refractivity (Wildman–Crippen MR) is 95.3 cm³/mol. The molecule has 1 heterocycles. The lowest BCUT2D eigenvalue weighted by Crippen LogP contribution is -2.36. The molecule has 138 valence electrons. The molecule has 2 rings (SSSR count). The van der Waals surface area contributed by atoms with Crippen molar-refractivity contribution in [2.45, 2.75) is 26.7 Å². The van der Waals surface area contributed by atoms with Crippen LogP contribution in [0.25, 0.3) is 0 Å². The lowest BCUT2D eigenvalue weighted by Gasteiger charge is -2.24. The Hall–Kier alpha value is -2.09. The average molecular weight is 368 g/mol. The highest BCUT2D eigenvalue weighted by Crippen LogP contribution is 2.31. The van der Waals surface area contributed by atoms with Crippen molar-refractivity contribution in [3.8, 4) is 0 Å². The van der Waals surface area contributed by atoms with E-state index in [4.69, 9.17) is 5.11 Å². The molecular formula is C17H24N2O5S. The molecule has 1 aromatic rings. The molecule has 0 atom stereocenters. The number of sulfonamides is 1. The van der Waals surface area contributed by atoms with Crippen LogP contribution >= 0.6 is 0 Å². The van der Waals surface area contributed by atoms with Crippen molar-refractivity contribution in [3.63, 3.8) is 0 Å². The second-order valence-electron chi connectivity index (χ2n) is 6.72. The molecule has 0 saturated heterocycles. The van der Waals surface area contributed by atoms with E-state index in [1.807, 2.05) is 13.8 Å². The van der Waals surface area contributed by atoms with E-state index in [9.17, 15) is 18.0 Å². The first-order valence-electron chi connectivity index (χ1n) is 8.21. The summed E-state index contributed by atoms with van der Waals surface area (Å²) >= 11 is 0. The maximum absolute atomic E-state index is 12.8. The molecule has 1 aliphatic heterocycles. The molecule has 1 aliphatic rings. The van der Waals surface area contributed by atoms with Crippen molar-refractivity contribution in [2.75, 3.05) is 30.2 Å². The van der Waals surface area contributed by atoms with E-state index >= 15 is 0 Å². The van der Waals surface area contributed by atoms with Gasteiger partial charge >= 0.3 is 5.97 Å². The van der Waals surface area contributed by atoms with Crippen LogP contribution in [0, 0.1) is 5.92 Å². The second-order valence-corrected chi connectivity index (χ2v) is 8.62. The van der Waals surface area contributed by atoms with Gasteiger partial charge < -0.3 is 10.0 Å². The Morgan fingerprint density at radius 1 is 1.32 bits per heavy atom. The van der Waals surface area contributed by atoms with Gasteiger partial charge in [0.05, 0.1) is 18.4 Å². The molecule has 0 bridgehead atoms. The van der Waals surface area contributed by atoms with E-state index < -0.39 is 16.0 Å². The van der Waals surface area contributed by atoms with E-state index in [0.29, 0.717) is 30.8 Å². The van der Waals surface area contributed by atoms with Gasteiger partial charge in [-0.15, -0.1) is 0 Å². The number of carboxylic acid groups (broad SMARTS) is 1. The summed E-state index contributed by atoms with van der Waals surface area (Å²) in [5.74, 6) is -0.956. The smallest absolute Gasteiger partial charge is 0.305 e. The summed E-state index contributed by atoms with van der Waals surface area (Å²) in [4.78, 5) is 25.1. The Kier molecular flexibility index (Phi) is 5.72. The zero-order valence-electron chi connectivity index (χ0n) is 14.7. The average Bonchev–Trinajstić information content (AvgIpc) is 2.93. The number of carbonyl (C=O) groups is 2. The highest BCUT2D eigenvalue weighted by atomic mass is 32.2. The number of benzene rings is 1. The largest absolute Gasteiger partial charge is 0.481 e. The van der Waals surface area contributed by atoms with Crippen molar-refractivity contribution < 1.29 is 23.1 Å². The SMILES string of the molecule is CC(C)CN(CCC(=O)O)C(=O)c1ccc2c(c1)CCN2S(C)(=O)=O. The van der Waals surface area contributed by atoms with Crippen LogP contribution in [0.3, 0.4) is 0 Å². The molecular weight excluding hydrogens is 344 g/mol. The standard InChI is InChI=1S/C17H24N2O5S/c1-12(2)11-18(8-7-16(20)21)17(22)14-4-5-15-13(10-14)6-9-19(15)25(3,23)24/h4-5,10,12H,6-9,11H2,1-3H3,(H,20,21). The predicted octanol–water partition coefficient (Wildman–Crippen LogP) is 1.58. The summed E-state index contributed by atoms with van der Waals surface area (Å²) in [5, 5.41) is 8.88. The number of rotatable bonds is 7. The second kappa shape index (κ2) is 7.43. The monoisotopic (exact) mass is 368 g/mol. The summed E-state index contributed by atoms with van der Waals surface area (Å²) in [6, 6.07) is 4.98. The van der Waals surface area contributed by atoms with Crippen molar-refractivity contribution in [3.05, 3.63) is 29.3 Å². The third-order valence-corrected chi connectivity index (χ3v) is 5.23. The summed E-state index contributed by atoms with van der Waals surface area (Å²) < 4.78 is 24.9. The Labute approximate surface area is 148 Å². The summed E-state index contributed by atoms with van der Waals surface area (Å²) in [6.45, 7) is 4.93. The molecule has 0 radical (unpaired) electrons. The molecule has 0 aromatic heterocycles. The van der Waals surface area contributed by atoms with Crippen molar-refractivity contribution in [1.29, 1.82) is 0 Å². The van der Waals surface area contributed by atoms with Gasteiger partial charge in [0, 0.05) is 25.2 Å². The minimum atomic E-state index is -3.33. The maximum Gasteiger partial charge on any atom is 0.305 e. The van der Waals surface area contributed by atoms with Gasteiger partial charge in [-0.1, -0.05) is 13.8 Å². The fourth-order valence-electron chi connectivity index (χ4n) is 2.98. The molecule has 0 unspecified atom stereocenters.